The number of halogens is 1. The Morgan fingerprint density at radius 1 is 1.48 bits per heavy atom. The van der Waals surface area contributed by atoms with Gasteiger partial charge in [0.2, 0.25) is 5.91 Å². The molecular weight excluding hydrogens is 312 g/mol. The van der Waals surface area contributed by atoms with Crippen molar-refractivity contribution in [3.8, 4) is 0 Å². The van der Waals surface area contributed by atoms with E-state index in [9.17, 15) is 4.79 Å². The quantitative estimate of drug-likeness (QED) is 0.831. The average Bonchev–Trinajstić information content (AvgIpc) is 3.25. The van der Waals surface area contributed by atoms with Crippen LogP contribution in [0, 0.1) is 5.92 Å². The molecule has 23 heavy (non-hydrogen) atoms. The molecule has 1 saturated heterocycles. The number of methoxy groups -OCH3 is 1. The minimum absolute atomic E-state index is 0.162. The van der Waals surface area contributed by atoms with Crippen molar-refractivity contribution in [1.29, 1.82) is 0 Å². The Bertz CT molecular complexity index is 560. The van der Waals surface area contributed by atoms with E-state index in [0.717, 1.165) is 57.6 Å². The summed E-state index contributed by atoms with van der Waals surface area (Å²) in [6.07, 6.45) is 2.99. The second-order valence-electron chi connectivity index (χ2n) is 6.75. The third kappa shape index (κ3) is 3.87. The predicted octanol–water partition coefficient (Wildman–Crippen LogP) is 2.46. The molecule has 2 aliphatic rings. The molecule has 1 atom stereocenters. The molecule has 1 aliphatic carbocycles. The molecule has 1 saturated carbocycles. The Morgan fingerprint density at radius 3 is 3.00 bits per heavy atom. The molecule has 4 nitrogen and oxygen atoms in total. The molecule has 1 N–H and O–H groups in total. The largest absolute Gasteiger partial charge is 0.383 e. The highest BCUT2D eigenvalue weighted by molar-refractivity contribution is 6.30. The van der Waals surface area contributed by atoms with Crippen LogP contribution in [0.15, 0.2) is 24.3 Å². The summed E-state index contributed by atoms with van der Waals surface area (Å²) in [5.74, 6) is 0.709. The van der Waals surface area contributed by atoms with Crippen LogP contribution in [0.2, 0.25) is 5.02 Å². The first kappa shape index (κ1) is 16.7. The van der Waals surface area contributed by atoms with Crippen molar-refractivity contribution in [2.75, 3.05) is 39.9 Å². The van der Waals surface area contributed by atoms with Gasteiger partial charge in [0.05, 0.1) is 12.0 Å². The van der Waals surface area contributed by atoms with E-state index < -0.39 is 0 Å². The van der Waals surface area contributed by atoms with Gasteiger partial charge in [-0.2, -0.15) is 0 Å². The summed E-state index contributed by atoms with van der Waals surface area (Å²) in [7, 11) is 1.73. The number of carbonyl (C=O) groups is 1. The fourth-order valence-electron chi connectivity index (χ4n) is 3.47. The van der Waals surface area contributed by atoms with E-state index in [2.05, 4.69) is 10.2 Å². The van der Waals surface area contributed by atoms with Crippen molar-refractivity contribution in [2.24, 2.45) is 5.92 Å². The molecule has 1 aromatic rings. The zero-order valence-corrected chi connectivity index (χ0v) is 14.4. The van der Waals surface area contributed by atoms with Crippen LogP contribution in [0.5, 0.6) is 0 Å². The highest BCUT2D eigenvalue weighted by Gasteiger charge is 2.51. The molecule has 0 unspecified atom stereocenters. The lowest BCUT2D eigenvalue weighted by molar-refractivity contribution is -0.123. The molecular formula is C18H25ClN2O2. The van der Waals surface area contributed by atoms with E-state index >= 15 is 0 Å². The maximum Gasteiger partial charge on any atom is 0.230 e. The summed E-state index contributed by atoms with van der Waals surface area (Å²) in [5, 5.41) is 3.88. The van der Waals surface area contributed by atoms with E-state index in [4.69, 9.17) is 16.3 Å². The van der Waals surface area contributed by atoms with Gasteiger partial charge >= 0.3 is 0 Å². The van der Waals surface area contributed by atoms with Gasteiger partial charge in [-0.1, -0.05) is 23.7 Å². The van der Waals surface area contributed by atoms with Crippen molar-refractivity contribution in [1.82, 2.24) is 10.2 Å². The zero-order chi connectivity index (χ0) is 16.3. The molecule has 126 valence electrons. The summed E-state index contributed by atoms with van der Waals surface area (Å²) in [6.45, 7) is 4.67. The van der Waals surface area contributed by atoms with Gasteiger partial charge < -0.3 is 15.0 Å². The Labute approximate surface area is 143 Å². The van der Waals surface area contributed by atoms with E-state index in [1.54, 1.807) is 7.11 Å². The van der Waals surface area contributed by atoms with Crippen LogP contribution in [0.4, 0.5) is 0 Å². The first-order chi connectivity index (χ1) is 11.1. The minimum Gasteiger partial charge on any atom is -0.383 e. The standard InChI is InChI=1S/C18H25ClN2O2/c1-23-10-9-21-8-5-14(13-21)12-20-17(22)18(6-7-18)15-3-2-4-16(19)11-15/h2-4,11,14H,5-10,12-13H2,1H3,(H,20,22)/t14-/m1/s1. The molecule has 1 aliphatic heterocycles. The number of hydrogen-bond acceptors (Lipinski definition) is 3. The van der Waals surface area contributed by atoms with Crippen LogP contribution < -0.4 is 5.32 Å². The van der Waals surface area contributed by atoms with Crippen LogP contribution in [-0.4, -0.2) is 50.7 Å². The first-order valence-electron chi connectivity index (χ1n) is 8.40. The Balaban J connectivity index is 1.50. The molecule has 1 aromatic carbocycles. The number of ether oxygens (including phenoxy) is 1. The second kappa shape index (κ2) is 7.20. The van der Waals surface area contributed by atoms with Gasteiger partial charge in [0.25, 0.3) is 0 Å². The normalized spacial score (nSPS) is 23.0. The lowest BCUT2D eigenvalue weighted by Gasteiger charge is -2.19. The topological polar surface area (TPSA) is 41.6 Å². The molecule has 3 rings (SSSR count). The van der Waals surface area contributed by atoms with Crippen molar-refractivity contribution in [2.45, 2.75) is 24.7 Å². The van der Waals surface area contributed by atoms with Gasteiger partial charge in [0, 0.05) is 31.8 Å². The molecule has 1 heterocycles. The SMILES string of the molecule is COCCN1CC[C@H](CNC(=O)C2(c3cccc(Cl)c3)CC2)C1. The van der Waals surface area contributed by atoms with Crippen LogP contribution in [0.1, 0.15) is 24.8 Å². The summed E-state index contributed by atoms with van der Waals surface area (Å²) < 4.78 is 5.13. The number of nitrogens with one attached hydrogen (secondary N) is 1. The van der Waals surface area contributed by atoms with Gasteiger partial charge in [0.15, 0.2) is 0 Å². The summed E-state index contributed by atoms with van der Waals surface area (Å²) >= 11 is 6.07. The van der Waals surface area contributed by atoms with Gasteiger partial charge in [0.1, 0.15) is 0 Å². The van der Waals surface area contributed by atoms with Gasteiger partial charge in [-0.3, -0.25) is 4.79 Å². The van der Waals surface area contributed by atoms with Crippen LogP contribution in [0.3, 0.4) is 0 Å². The third-order valence-electron chi connectivity index (χ3n) is 5.09. The second-order valence-corrected chi connectivity index (χ2v) is 7.19. The number of hydrogen-bond donors (Lipinski definition) is 1. The minimum atomic E-state index is -0.334. The summed E-state index contributed by atoms with van der Waals surface area (Å²) in [6, 6.07) is 7.72. The molecule has 5 heteroatoms. The number of amides is 1. The maximum atomic E-state index is 12.7. The molecule has 0 bridgehead atoms. The predicted molar refractivity (Wildman–Crippen MR) is 91.8 cm³/mol. The fourth-order valence-corrected chi connectivity index (χ4v) is 3.66. The Kier molecular flexibility index (Phi) is 5.24. The van der Waals surface area contributed by atoms with E-state index in [-0.39, 0.29) is 11.3 Å². The lowest BCUT2D eigenvalue weighted by Crippen LogP contribution is -2.38. The summed E-state index contributed by atoms with van der Waals surface area (Å²) in [5.41, 5.74) is 0.717. The summed E-state index contributed by atoms with van der Waals surface area (Å²) in [4.78, 5) is 15.1. The maximum absolute atomic E-state index is 12.7. The van der Waals surface area contributed by atoms with Crippen molar-refractivity contribution in [3.63, 3.8) is 0 Å². The molecule has 0 aromatic heterocycles. The van der Waals surface area contributed by atoms with Gasteiger partial charge in [-0.25, -0.2) is 0 Å². The van der Waals surface area contributed by atoms with Crippen LogP contribution in [0.25, 0.3) is 0 Å². The van der Waals surface area contributed by atoms with Crippen LogP contribution in [-0.2, 0) is 14.9 Å². The van der Waals surface area contributed by atoms with E-state index in [0.29, 0.717) is 10.9 Å². The molecule has 1 amide bonds. The molecule has 0 spiro atoms. The van der Waals surface area contributed by atoms with Crippen molar-refractivity contribution >= 4 is 17.5 Å². The third-order valence-corrected chi connectivity index (χ3v) is 5.33. The number of carbonyl (C=O) groups excluding carboxylic acids is 1. The van der Waals surface area contributed by atoms with E-state index in [1.165, 1.54) is 0 Å². The first-order valence-corrected chi connectivity index (χ1v) is 8.77. The molecule has 0 radical (unpaired) electrons. The highest BCUT2D eigenvalue weighted by atomic mass is 35.5. The lowest BCUT2D eigenvalue weighted by atomic mass is 9.94. The number of rotatable bonds is 7. The van der Waals surface area contributed by atoms with E-state index in [1.807, 2.05) is 24.3 Å². The smallest absolute Gasteiger partial charge is 0.230 e. The number of benzene rings is 1. The zero-order valence-electron chi connectivity index (χ0n) is 13.7. The molecule has 2 fully saturated rings. The van der Waals surface area contributed by atoms with Crippen LogP contribution >= 0.6 is 11.6 Å². The number of nitrogens with zero attached hydrogens (tertiary/aromatic N) is 1. The monoisotopic (exact) mass is 336 g/mol. The van der Waals surface area contributed by atoms with Gasteiger partial charge in [-0.05, 0) is 49.4 Å². The Morgan fingerprint density at radius 2 is 2.30 bits per heavy atom. The van der Waals surface area contributed by atoms with Crippen molar-refractivity contribution < 1.29 is 9.53 Å². The number of likely N-dealkylation sites (tertiary alicyclic amines) is 1. The average molecular weight is 337 g/mol. The highest BCUT2D eigenvalue weighted by Crippen LogP contribution is 2.48. The van der Waals surface area contributed by atoms with Gasteiger partial charge in [-0.15, -0.1) is 0 Å². The van der Waals surface area contributed by atoms with Crippen molar-refractivity contribution in [3.05, 3.63) is 34.9 Å². The fraction of sp³-hybridized carbons (Fsp3) is 0.611. The Hall–Kier alpha value is -1.10.